The molecule has 2 rings (SSSR count). The number of carbonyl (C=O) groups excluding carboxylic acids is 1. The van der Waals surface area contributed by atoms with Crippen LogP contribution in [-0.4, -0.2) is 29.4 Å². The minimum absolute atomic E-state index is 0. The summed E-state index contributed by atoms with van der Waals surface area (Å²) in [5.41, 5.74) is 6.66. The fourth-order valence-electron chi connectivity index (χ4n) is 2.74. The Balaban J connectivity index is 0.00000180. The Morgan fingerprint density at radius 2 is 2.15 bits per heavy atom. The number of nitrogens with zero attached hydrogens (tertiary/aromatic N) is 2. The van der Waals surface area contributed by atoms with Gasteiger partial charge in [-0.3, -0.25) is 9.78 Å². The van der Waals surface area contributed by atoms with Crippen LogP contribution in [0, 0.1) is 11.8 Å². The van der Waals surface area contributed by atoms with Gasteiger partial charge in [0.2, 0.25) is 5.91 Å². The zero-order valence-electron chi connectivity index (χ0n) is 11.7. The van der Waals surface area contributed by atoms with Crippen LogP contribution in [0.1, 0.15) is 25.0 Å². The van der Waals surface area contributed by atoms with Gasteiger partial charge in [0, 0.05) is 19.2 Å². The average molecular weight is 320 g/mol. The highest BCUT2D eigenvalue weighted by molar-refractivity contribution is 5.85. The van der Waals surface area contributed by atoms with E-state index in [2.05, 4.69) is 4.98 Å². The zero-order chi connectivity index (χ0) is 13.0. The fraction of sp³-hybridized carbons (Fsp3) is 0.571. The van der Waals surface area contributed by atoms with E-state index in [-0.39, 0.29) is 36.6 Å². The molecule has 1 aromatic heterocycles. The standard InChI is InChI=1S/C14H21N3O.2ClH/c1-17(10-12-6-2-3-8-16-12)14(18)13-7-4-5-11(13)9-15;;/h2-3,6,8,11,13H,4-5,7,9-10,15H2,1H3;2*1H/t11-,13-;;/m1../s1. The lowest BCUT2D eigenvalue weighted by molar-refractivity contribution is -0.135. The van der Waals surface area contributed by atoms with Crippen molar-refractivity contribution in [2.75, 3.05) is 13.6 Å². The van der Waals surface area contributed by atoms with Crippen LogP contribution in [-0.2, 0) is 11.3 Å². The summed E-state index contributed by atoms with van der Waals surface area (Å²) in [6, 6.07) is 5.77. The van der Waals surface area contributed by atoms with Gasteiger partial charge in [-0.25, -0.2) is 0 Å². The molecule has 0 aromatic carbocycles. The molecule has 2 atom stereocenters. The Morgan fingerprint density at radius 3 is 2.75 bits per heavy atom. The monoisotopic (exact) mass is 319 g/mol. The molecule has 4 nitrogen and oxygen atoms in total. The average Bonchev–Trinajstić information content (AvgIpc) is 2.87. The quantitative estimate of drug-likeness (QED) is 0.926. The molecule has 0 unspecified atom stereocenters. The predicted octanol–water partition coefficient (Wildman–Crippen LogP) is 2.26. The van der Waals surface area contributed by atoms with Crippen molar-refractivity contribution in [3.05, 3.63) is 30.1 Å². The number of rotatable bonds is 4. The summed E-state index contributed by atoms with van der Waals surface area (Å²) in [5.74, 6) is 0.695. The van der Waals surface area contributed by atoms with E-state index in [1.807, 2.05) is 25.2 Å². The first-order valence-electron chi connectivity index (χ1n) is 6.57. The summed E-state index contributed by atoms with van der Waals surface area (Å²) < 4.78 is 0. The van der Waals surface area contributed by atoms with E-state index >= 15 is 0 Å². The minimum Gasteiger partial charge on any atom is -0.340 e. The fourth-order valence-corrected chi connectivity index (χ4v) is 2.74. The van der Waals surface area contributed by atoms with Crippen molar-refractivity contribution in [2.45, 2.75) is 25.8 Å². The second kappa shape index (κ2) is 9.16. The van der Waals surface area contributed by atoms with Crippen LogP contribution >= 0.6 is 24.8 Å². The van der Waals surface area contributed by atoms with E-state index in [1.54, 1.807) is 11.1 Å². The van der Waals surface area contributed by atoms with Gasteiger partial charge >= 0.3 is 0 Å². The molecule has 0 saturated heterocycles. The van der Waals surface area contributed by atoms with Crippen molar-refractivity contribution in [1.82, 2.24) is 9.88 Å². The van der Waals surface area contributed by atoms with Crippen LogP contribution in [0.4, 0.5) is 0 Å². The number of halogens is 2. The Labute approximate surface area is 132 Å². The Morgan fingerprint density at radius 1 is 1.40 bits per heavy atom. The van der Waals surface area contributed by atoms with E-state index in [0.29, 0.717) is 19.0 Å². The van der Waals surface area contributed by atoms with Gasteiger partial charge < -0.3 is 10.6 Å². The summed E-state index contributed by atoms with van der Waals surface area (Å²) in [6.07, 6.45) is 4.94. The van der Waals surface area contributed by atoms with Crippen molar-refractivity contribution in [1.29, 1.82) is 0 Å². The van der Waals surface area contributed by atoms with Crippen LogP contribution < -0.4 is 5.73 Å². The van der Waals surface area contributed by atoms with Gasteiger partial charge in [0.15, 0.2) is 0 Å². The SMILES string of the molecule is CN(Cc1ccccn1)C(=O)[C@@H]1CCC[C@@H]1CN.Cl.Cl. The highest BCUT2D eigenvalue weighted by atomic mass is 35.5. The molecule has 1 aromatic rings. The number of pyridine rings is 1. The van der Waals surface area contributed by atoms with Crippen LogP contribution in [0.5, 0.6) is 0 Å². The minimum atomic E-state index is 0. The maximum Gasteiger partial charge on any atom is 0.226 e. The topological polar surface area (TPSA) is 59.2 Å². The predicted molar refractivity (Wildman–Crippen MR) is 85.1 cm³/mol. The first kappa shape index (κ1) is 19.2. The number of aromatic nitrogens is 1. The molecule has 2 N–H and O–H groups in total. The largest absolute Gasteiger partial charge is 0.340 e. The van der Waals surface area contributed by atoms with Crippen molar-refractivity contribution in [3.8, 4) is 0 Å². The van der Waals surface area contributed by atoms with Gasteiger partial charge in [0.05, 0.1) is 12.2 Å². The molecule has 0 bridgehead atoms. The number of carbonyl (C=O) groups is 1. The summed E-state index contributed by atoms with van der Waals surface area (Å²) in [4.78, 5) is 18.4. The lowest BCUT2D eigenvalue weighted by Gasteiger charge is -2.24. The molecule has 1 heterocycles. The van der Waals surface area contributed by atoms with Crippen LogP contribution in [0.15, 0.2) is 24.4 Å². The smallest absolute Gasteiger partial charge is 0.226 e. The molecule has 1 aliphatic carbocycles. The lowest BCUT2D eigenvalue weighted by Crippen LogP contribution is -2.36. The molecule has 1 aliphatic rings. The number of hydrogen-bond acceptors (Lipinski definition) is 3. The van der Waals surface area contributed by atoms with Gasteiger partial charge in [-0.05, 0) is 37.4 Å². The van der Waals surface area contributed by atoms with Crippen molar-refractivity contribution < 1.29 is 4.79 Å². The number of hydrogen-bond donors (Lipinski definition) is 1. The van der Waals surface area contributed by atoms with Gasteiger partial charge in [0.1, 0.15) is 0 Å². The van der Waals surface area contributed by atoms with E-state index in [1.165, 1.54) is 0 Å². The lowest BCUT2D eigenvalue weighted by atomic mass is 9.95. The second-order valence-corrected chi connectivity index (χ2v) is 5.05. The maximum absolute atomic E-state index is 12.4. The Hall–Kier alpha value is -0.840. The highest BCUT2D eigenvalue weighted by Crippen LogP contribution is 2.32. The molecule has 1 amide bonds. The van der Waals surface area contributed by atoms with Crippen LogP contribution in [0.25, 0.3) is 0 Å². The Bertz CT molecular complexity index is 403. The maximum atomic E-state index is 12.4. The molecule has 0 aliphatic heterocycles. The van der Waals surface area contributed by atoms with E-state index < -0.39 is 0 Å². The summed E-state index contributed by atoms with van der Waals surface area (Å²) in [5, 5.41) is 0. The van der Waals surface area contributed by atoms with Gasteiger partial charge in [-0.2, -0.15) is 0 Å². The molecule has 0 spiro atoms. The third-order valence-corrected chi connectivity index (χ3v) is 3.78. The molecule has 6 heteroatoms. The zero-order valence-corrected chi connectivity index (χ0v) is 13.3. The molecule has 1 fully saturated rings. The van der Waals surface area contributed by atoms with Crippen molar-refractivity contribution in [3.63, 3.8) is 0 Å². The summed E-state index contributed by atoms with van der Waals surface area (Å²) in [7, 11) is 1.85. The van der Waals surface area contributed by atoms with Crippen molar-refractivity contribution >= 4 is 30.7 Å². The summed E-state index contributed by atoms with van der Waals surface area (Å²) >= 11 is 0. The van der Waals surface area contributed by atoms with E-state index in [0.717, 1.165) is 25.0 Å². The second-order valence-electron chi connectivity index (χ2n) is 5.05. The number of nitrogens with two attached hydrogens (primary N) is 1. The molecular formula is C14H23Cl2N3O. The first-order chi connectivity index (χ1) is 8.72. The molecule has 0 radical (unpaired) electrons. The van der Waals surface area contributed by atoms with Crippen molar-refractivity contribution in [2.24, 2.45) is 17.6 Å². The molecule has 114 valence electrons. The number of amides is 1. The molecule has 20 heavy (non-hydrogen) atoms. The van der Waals surface area contributed by atoms with E-state index in [9.17, 15) is 4.79 Å². The van der Waals surface area contributed by atoms with Gasteiger partial charge in [-0.1, -0.05) is 12.5 Å². The third-order valence-electron chi connectivity index (χ3n) is 3.78. The van der Waals surface area contributed by atoms with Crippen LogP contribution in [0.3, 0.4) is 0 Å². The Kier molecular flexibility index (Phi) is 8.78. The van der Waals surface area contributed by atoms with Gasteiger partial charge in [-0.15, -0.1) is 24.8 Å². The highest BCUT2D eigenvalue weighted by Gasteiger charge is 2.33. The van der Waals surface area contributed by atoms with Gasteiger partial charge in [0.25, 0.3) is 0 Å². The molecular weight excluding hydrogens is 297 g/mol. The molecule has 1 saturated carbocycles. The first-order valence-corrected chi connectivity index (χ1v) is 6.57. The normalized spacial score (nSPS) is 20.7. The van der Waals surface area contributed by atoms with E-state index in [4.69, 9.17) is 5.73 Å². The summed E-state index contributed by atoms with van der Waals surface area (Å²) in [6.45, 7) is 1.20. The third kappa shape index (κ3) is 4.62. The van der Waals surface area contributed by atoms with Crippen LogP contribution in [0.2, 0.25) is 0 Å².